The van der Waals surface area contributed by atoms with E-state index < -0.39 is 0 Å². The zero-order chi connectivity index (χ0) is 11.2. The van der Waals surface area contributed by atoms with Gasteiger partial charge in [0.15, 0.2) is 0 Å². The highest BCUT2D eigenvalue weighted by molar-refractivity contribution is 5.17. The second-order valence-electron chi connectivity index (χ2n) is 3.62. The Labute approximate surface area is 94.8 Å². The smallest absolute Gasteiger partial charge is 0.115 e. The fraction of sp³-hybridized carbons (Fsp3) is 0.250. The van der Waals surface area contributed by atoms with Gasteiger partial charge in [-0.25, -0.2) is 9.97 Å². The number of hydrogen-bond donors (Lipinski definition) is 1. The number of nitrogens with one attached hydrogen (secondary N) is 1. The fourth-order valence-electron chi connectivity index (χ4n) is 1.45. The van der Waals surface area contributed by atoms with E-state index in [4.69, 9.17) is 0 Å². The normalized spacial score (nSPS) is 10.3. The molecule has 2 rings (SSSR count). The minimum Gasteiger partial charge on any atom is -0.307 e. The van der Waals surface area contributed by atoms with E-state index in [-0.39, 0.29) is 0 Å². The Kier molecular flexibility index (Phi) is 3.56. The number of aromatic nitrogens is 3. The van der Waals surface area contributed by atoms with Crippen molar-refractivity contribution in [3.63, 3.8) is 0 Å². The van der Waals surface area contributed by atoms with Crippen LogP contribution in [-0.4, -0.2) is 15.0 Å². The number of nitrogens with zero attached hydrogens (tertiary/aromatic N) is 3. The molecular formula is C12H14N4. The second-order valence-corrected chi connectivity index (χ2v) is 3.62. The zero-order valence-corrected chi connectivity index (χ0v) is 9.22. The lowest BCUT2D eigenvalue weighted by Gasteiger charge is -2.05. The summed E-state index contributed by atoms with van der Waals surface area (Å²) in [7, 11) is 0. The van der Waals surface area contributed by atoms with Crippen molar-refractivity contribution < 1.29 is 0 Å². The minimum absolute atomic E-state index is 0.761. The summed E-state index contributed by atoms with van der Waals surface area (Å²) in [5.74, 6) is 0. The van der Waals surface area contributed by atoms with Crippen LogP contribution in [0.2, 0.25) is 0 Å². The molecule has 0 aliphatic rings. The highest BCUT2D eigenvalue weighted by Gasteiger charge is 1.98. The number of rotatable bonds is 4. The molecule has 0 amide bonds. The molecule has 2 aromatic rings. The summed E-state index contributed by atoms with van der Waals surface area (Å²) in [6.45, 7) is 3.59. The molecule has 0 radical (unpaired) electrons. The van der Waals surface area contributed by atoms with Crippen LogP contribution in [0.25, 0.3) is 0 Å². The van der Waals surface area contributed by atoms with Crippen LogP contribution in [0.15, 0.2) is 37.1 Å². The summed E-state index contributed by atoms with van der Waals surface area (Å²) in [6.07, 6.45) is 6.97. The third kappa shape index (κ3) is 2.84. The monoisotopic (exact) mass is 214 g/mol. The molecule has 0 aliphatic heterocycles. The fourth-order valence-corrected chi connectivity index (χ4v) is 1.45. The van der Waals surface area contributed by atoms with Gasteiger partial charge in [0, 0.05) is 37.2 Å². The van der Waals surface area contributed by atoms with Crippen LogP contribution in [-0.2, 0) is 13.1 Å². The first-order valence-corrected chi connectivity index (χ1v) is 5.21. The quantitative estimate of drug-likeness (QED) is 0.837. The van der Waals surface area contributed by atoms with E-state index in [1.807, 2.05) is 24.7 Å². The molecule has 0 atom stereocenters. The van der Waals surface area contributed by atoms with Gasteiger partial charge in [-0.2, -0.15) is 0 Å². The molecule has 16 heavy (non-hydrogen) atoms. The van der Waals surface area contributed by atoms with E-state index in [0.29, 0.717) is 0 Å². The molecule has 4 nitrogen and oxygen atoms in total. The van der Waals surface area contributed by atoms with Crippen LogP contribution in [0.5, 0.6) is 0 Å². The maximum atomic E-state index is 4.32. The second kappa shape index (κ2) is 5.32. The molecule has 0 fully saturated rings. The molecule has 0 aromatic carbocycles. The molecule has 0 aliphatic carbocycles. The van der Waals surface area contributed by atoms with Crippen LogP contribution in [0.3, 0.4) is 0 Å². The lowest BCUT2D eigenvalue weighted by atomic mass is 10.2. The predicted molar refractivity (Wildman–Crippen MR) is 61.5 cm³/mol. The SMILES string of the molecule is Cc1cccnc1CNCc1cncnc1. The van der Waals surface area contributed by atoms with Gasteiger partial charge < -0.3 is 5.32 Å². The van der Waals surface area contributed by atoms with Gasteiger partial charge in [-0.1, -0.05) is 6.07 Å². The van der Waals surface area contributed by atoms with Crippen LogP contribution in [0, 0.1) is 6.92 Å². The Hall–Kier alpha value is -1.81. The van der Waals surface area contributed by atoms with Gasteiger partial charge in [0.05, 0.1) is 5.69 Å². The molecule has 2 aromatic heterocycles. The third-order valence-electron chi connectivity index (χ3n) is 2.35. The molecular weight excluding hydrogens is 200 g/mol. The van der Waals surface area contributed by atoms with Crippen LogP contribution in [0.1, 0.15) is 16.8 Å². The Morgan fingerprint density at radius 3 is 2.75 bits per heavy atom. The predicted octanol–water partition coefficient (Wildman–Crippen LogP) is 1.47. The molecule has 0 saturated carbocycles. The Bertz CT molecular complexity index is 442. The molecule has 82 valence electrons. The Morgan fingerprint density at radius 2 is 2.00 bits per heavy atom. The topological polar surface area (TPSA) is 50.7 Å². The number of hydrogen-bond acceptors (Lipinski definition) is 4. The maximum absolute atomic E-state index is 4.32. The van der Waals surface area contributed by atoms with Gasteiger partial charge in [-0.15, -0.1) is 0 Å². The van der Waals surface area contributed by atoms with Crippen LogP contribution in [0.4, 0.5) is 0 Å². The molecule has 4 heteroatoms. The van der Waals surface area contributed by atoms with Gasteiger partial charge in [0.2, 0.25) is 0 Å². The van der Waals surface area contributed by atoms with Gasteiger partial charge in [0.25, 0.3) is 0 Å². The van der Waals surface area contributed by atoms with Crippen molar-refractivity contribution in [3.8, 4) is 0 Å². The van der Waals surface area contributed by atoms with E-state index >= 15 is 0 Å². The first-order chi connectivity index (χ1) is 7.86. The van der Waals surface area contributed by atoms with Crippen molar-refractivity contribution in [2.75, 3.05) is 0 Å². The van der Waals surface area contributed by atoms with E-state index in [1.54, 1.807) is 0 Å². The van der Waals surface area contributed by atoms with Gasteiger partial charge in [0.1, 0.15) is 6.33 Å². The van der Waals surface area contributed by atoms with Crippen molar-refractivity contribution in [1.82, 2.24) is 20.3 Å². The summed E-state index contributed by atoms with van der Waals surface area (Å²) < 4.78 is 0. The summed E-state index contributed by atoms with van der Waals surface area (Å²) in [4.78, 5) is 12.2. The average molecular weight is 214 g/mol. The summed E-state index contributed by atoms with van der Waals surface area (Å²) in [5, 5.41) is 3.32. The van der Waals surface area contributed by atoms with Gasteiger partial charge >= 0.3 is 0 Å². The highest BCUT2D eigenvalue weighted by atomic mass is 14.9. The van der Waals surface area contributed by atoms with Crippen molar-refractivity contribution in [1.29, 1.82) is 0 Å². The first-order valence-electron chi connectivity index (χ1n) is 5.21. The van der Waals surface area contributed by atoms with E-state index in [2.05, 4.69) is 33.3 Å². The molecule has 0 saturated heterocycles. The molecule has 2 heterocycles. The summed E-state index contributed by atoms with van der Waals surface area (Å²) in [6, 6.07) is 4.01. The van der Waals surface area contributed by atoms with Crippen molar-refractivity contribution in [2.45, 2.75) is 20.0 Å². The lowest BCUT2D eigenvalue weighted by molar-refractivity contribution is 0.672. The van der Waals surface area contributed by atoms with Crippen molar-refractivity contribution in [2.24, 2.45) is 0 Å². The Morgan fingerprint density at radius 1 is 1.19 bits per heavy atom. The molecule has 0 unspecified atom stereocenters. The highest BCUT2D eigenvalue weighted by Crippen LogP contribution is 2.02. The Balaban J connectivity index is 1.87. The summed E-state index contributed by atoms with van der Waals surface area (Å²) in [5.41, 5.74) is 3.37. The molecule has 1 N–H and O–H groups in total. The van der Waals surface area contributed by atoms with Crippen molar-refractivity contribution in [3.05, 3.63) is 53.9 Å². The number of aryl methyl sites for hydroxylation is 1. The van der Waals surface area contributed by atoms with Crippen molar-refractivity contribution >= 4 is 0 Å². The van der Waals surface area contributed by atoms with E-state index in [0.717, 1.165) is 24.3 Å². The largest absolute Gasteiger partial charge is 0.307 e. The van der Waals surface area contributed by atoms with E-state index in [9.17, 15) is 0 Å². The zero-order valence-electron chi connectivity index (χ0n) is 9.22. The molecule has 0 bridgehead atoms. The van der Waals surface area contributed by atoms with Crippen LogP contribution >= 0.6 is 0 Å². The average Bonchev–Trinajstić information content (AvgIpc) is 2.33. The van der Waals surface area contributed by atoms with E-state index in [1.165, 1.54) is 11.9 Å². The summed E-state index contributed by atoms with van der Waals surface area (Å²) >= 11 is 0. The first kappa shape index (κ1) is 10.7. The number of pyridine rings is 1. The van der Waals surface area contributed by atoms with Crippen LogP contribution < -0.4 is 5.32 Å². The van der Waals surface area contributed by atoms with Gasteiger partial charge in [-0.3, -0.25) is 4.98 Å². The lowest BCUT2D eigenvalue weighted by Crippen LogP contribution is -2.14. The maximum Gasteiger partial charge on any atom is 0.115 e. The molecule has 0 spiro atoms. The third-order valence-corrected chi connectivity index (χ3v) is 2.35. The van der Waals surface area contributed by atoms with Gasteiger partial charge in [-0.05, 0) is 18.6 Å². The standard InChI is InChI=1S/C12H14N4/c1-10-3-2-4-16-12(10)8-13-5-11-6-14-9-15-7-11/h2-4,6-7,9,13H,5,8H2,1H3. The minimum atomic E-state index is 0.761.